The third-order valence-corrected chi connectivity index (χ3v) is 4.01. The van der Waals surface area contributed by atoms with Crippen molar-refractivity contribution in [1.29, 1.82) is 0 Å². The first kappa shape index (κ1) is 13.1. The fraction of sp³-hybridized carbons (Fsp3) is 0.533. The Labute approximate surface area is 117 Å². The molecule has 106 valence electrons. The van der Waals surface area contributed by atoms with Crippen molar-refractivity contribution in [2.24, 2.45) is 0 Å². The maximum absolute atomic E-state index is 12.0. The van der Waals surface area contributed by atoms with Crippen molar-refractivity contribution < 1.29 is 9.53 Å². The van der Waals surface area contributed by atoms with E-state index in [1.807, 2.05) is 26.0 Å². The van der Waals surface area contributed by atoms with Crippen molar-refractivity contribution >= 4 is 17.0 Å². The molecule has 1 aromatic heterocycles. The molecule has 1 saturated carbocycles. The summed E-state index contributed by atoms with van der Waals surface area (Å²) < 4.78 is 7.08. The molecule has 5 heteroatoms. The van der Waals surface area contributed by atoms with Crippen molar-refractivity contribution in [2.45, 2.75) is 52.2 Å². The largest absolute Gasteiger partial charge is 0.461 e. The van der Waals surface area contributed by atoms with E-state index in [9.17, 15) is 4.79 Å². The van der Waals surface area contributed by atoms with Crippen molar-refractivity contribution in [3.63, 3.8) is 0 Å². The Bertz CT molecular complexity index is 642. The van der Waals surface area contributed by atoms with Crippen LogP contribution in [0.15, 0.2) is 12.1 Å². The van der Waals surface area contributed by atoms with Gasteiger partial charge in [-0.2, -0.15) is 0 Å². The number of hydrogen-bond donors (Lipinski definition) is 0. The van der Waals surface area contributed by atoms with Crippen LogP contribution in [0.3, 0.4) is 0 Å². The number of benzene rings is 1. The molecule has 0 bridgehead atoms. The van der Waals surface area contributed by atoms with Crippen LogP contribution in [0.25, 0.3) is 11.0 Å². The molecular weight excluding hydrogens is 254 g/mol. The maximum Gasteiger partial charge on any atom is 0.328 e. The predicted octanol–water partition coefficient (Wildman–Crippen LogP) is 2.53. The molecule has 0 saturated heterocycles. The zero-order chi connectivity index (χ0) is 14.1. The lowest BCUT2D eigenvalue weighted by Crippen LogP contribution is -2.20. The van der Waals surface area contributed by atoms with Crippen molar-refractivity contribution in [3.05, 3.63) is 23.3 Å². The Balaban J connectivity index is 1.76. The van der Waals surface area contributed by atoms with Crippen LogP contribution in [-0.4, -0.2) is 27.1 Å². The minimum absolute atomic E-state index is 0.0984. The fourth-order valence-corrected chi connectivity index (χ4v) is 2.69. The standard InChI is InChI=1S/C15H19N3O2/c1-10-7-13-14(8-11(10)2)18(17-16-13)9-15(19)20-12-5-3-4-6-12/h7-8,12H,3-6,9H2,1-2H3. The summed E-state index contributed by atoms with van der Waals surface area (Å²) in [6.07, 6.45) is 4.39. The molecule has 1 aliphatic rings. The van der Waals surface area contributed by atoms with Gasteiger partial charge < -0.3 is 4.74 Å². The van der Waals surface area contributed by atoms with Crippen LogP contribution in [0.2, 0.25) is 0 Å². The highest BCUT2D eigenvalue weighted by Gasteiger charge is 2.20. The molecule has 3 rings (SSSR count). The van der Waals surface area contributed by atoms with Gasteiger partial charge in [0.25, 0.3) is 0 Å². The number of carbonyl (C=O) groups is 1. The van der Waals surface area contributed by atoms with Gasteiger partial charge in [-0.3, -0.25) is 4.79 Å². The predicted molar refractivity (Wildman–Crippen MR) is 75.4 cm³/mol. The minimum atomic E-state index is -0.220. The van der Waals surface area contributed by atoms with Crippen LogP contribution < -0.4 is 0 Å². The van der Waals surface area contributed by atoms with Crippen LogP contribution >= 0.6 is 0 Å². The molecule has 1 heterocycles. The van der Waals surface area contributed by atoms with Gasteiger partial charge in [-0.1, -0.05) is 5.21 Å². The average Bonchev–Trinajstić information content (AvgIpc) is 3.02. The SMILES string of the molecule is Cc1cc2nnn(CC(=O)OC3CCCC3)c2cc1C. The van der Waals surface area contributed by atoms with Crippen molar-refractivity contribution in [2.75, 3.05) is 0 Å². The quantitative estimate of drug-likeness (QED) is 0.806. The van der Waals surface area contributed by atoms with Gasteiger partial charge in [-0.15, -0.1) is 5.10 Å². The van der Waals surface area contributed by atoms with Gasteiger partial charge in [0, 0.05) is 0 Å². The number of hydrogen-bond acceptors (Lipinski definition) is 4. The number of nitrogens with zero attached hydrogens (tertiary/aromatic N) is 3. The second kappa shape index (κ2) is 5.23. The zero-order valence-electron chi connectivity index (χ0n) is 11.9. The summed E-state index contributed by atoms with van der Waals surface area (Å²) in [4.78, 5) is 12.0. The molecular formula is C15H19N3O2. The van der Waals surface area contributed by atoms with Gasteiger partial charge in [-0.05, 0) is 62.8 Å². The van der Waals surface area contributed by atoms with E-state index in [4.69, 9.17) is 4.74 Å². The fourth-order valence-electron chi connectivity index (χ4n) is 2.69. The molecule has 0 N–H and O–H groups in total. The van der Waals surface area contributed by atoms with Gasteiger partial charge >= 0.3 is 5.97 Å². The summed E-state index contributed by atoms with van der Waals surface area (Å²) in [6, 6.07) is 4.02. The maximum atomic E-state index is 12.0. The lowest BCUT2D eigenvalue weighted by atomic mass is 10.1. The van der Waals surface area contributed by atoms with E-state index in [2.05, 4.69) is 10.3 Å². The summed E-state index contributed by atoms with van der Waals surface area (Å²) in [5.74, 6) is -0.220. The smallest absolute Gasteiger partial charge is 0.328 e. The van der Waals surface area contributed by atoms with Gasteiger partial charge in [-0.25, -0.2) is 4.68 Å². The number of carbonyl (C=O) groups excluding carboxylic acids is 1. The Morgan fingerprint density at radius 3 is 2.75 bits per heavy atom. The van der Waals surface area contributed by atoms with Crippen LogP contribution in [0.1, 0.15) is 36.8 Å². The number of fused-ring (bicyclic) bond motifs is 1. The molecule has 0 aliphatic heterocycles. The molecule has 0 radical (unpaired) electrons. The second-order valence-electron chi connectivity index (χ2n) is 5.57. The zero-order valence-corrected chi connectivity index (χ0v) is 11.9. The Morgan fingerprint density at radius 1 is 1.30 bits per heavy atom. The third-order valence-electron chi connectivity index (χ3n) is 4.01. The first-order chi connectivity index (χ1) is 9.63. The average molecular weight is 273 g/mol. The summed E-state index contributed by atoms with van der Waals surface area (Å²) >= 11 is 0. The van der Waals surface area contributed by atoms with Crippen molar-refractivity contribution in [1.82, 2.24) is 15.0 Å². The monoisotopic (exact) mass is 273 g/mol. The first-order valence-corrected chi connectivity index (χ1v) is 7.13. The van der Waals surface area contributed by atoms with E-state index in [1.54, 1.807) is 4.68 Å². The van der Waals surface area contributed by atoms with E-state index in [0.717, 1.165) is 36.7 Å². The highest BCUT2D eigenvalue weighted by atomic mass is 16.5. The second-order valence-corrected chi connectivity index (χ2v) is 5.57. The number of rotatable bonds is 3. The Kier molecular flexibility index (Phi) is 3.42. The molecule has 0 atom stereocenters. The van der Waals surface area contributed by atoms with Crippen molar-refractivity contribution in [3.8, 4) is 0 Å². The molecule has 5 nitrogen and oxygen atoms in total. The molecule has 1 aliphatic carbocycles. The van der Waals surface area contributed by atoms with Crippen LogP contribution in [0.5, 0.6) is 0 Å². The Hall–Kier alpha value is -1.91. The number of ether oxygens (including phenoxy) is 1. The Morgan fingerprint density at radius 2 is 2.00 bits per heavy atom. The highest BCUT2D eigenvalue weighted by molar-refractivity contribution is 5.78. The topological polar surface area (TPSA) is 57.0 Å². The lowest BCUT2D eigenvalue weighted by molar-refractivity contribution is -0.149. The van der Waals surface area contributed by atoms with E-state index >= 15 is 0 Å². The van der Waals surface area contributed by atoms with E-state index in [1.165, 1.54) is 11.1 Å². The molecule has 0 amide bonds. The third kappa shape index (κ3) is 2.53. The van der Waals surface area contributed by atoms with Gasteiger partial charge in [0.15, 0.2) is 0 Å². The molecule has 1 aromatic carbocycles. The van der Waals surface area contributed by atoms with Gasteiger partial charge in [0.2, 0.25) is 0 Å². The van der Waals surface area contributed by atoms with E-state index in [0.29, 0.717) is 0 Å². The minimum Gasteiger partial charge on any atom is -0.461 e. The summed E-state index contributed by atoms with van der Waals surface area (Å²) in [5.41, 5.74) is 4.06. The van der Waals surface area contributed by atoms with Gasteiger partial charge in [0.05, 0.1) is 5.52 Å². The molecule has 0 spiro atoms. The summed E-state index contributed by atoms with van der Waals surface area (Å²) in [5, 5.41) is 8.17. The molecule has 1 fully saturated rings. The number of aryl methyl sites for hydroxylation is 2. The first-order valence-electron chi connectivity index (χ1n) is 7.13. The molecule has 0 unspecified atom stereocenters. The van der Waals surface area contributed by atoms with E-state index in [-0.39, 0.29) is 18.6 Å². The molecule has 20 heavy (non-hydrogen) atoms. The normalized spacial score (nSPS) is 15.9. The summed E-state index contributed by atoms with van der Waals surface area (Å²) in [6.45, 7) is 4.22. The number of esters is 1. The number of aromatic nitrogens is 3. The highest BCUT2D eigenvalue weighted by Crippen LogP contribution is 2.21. The van der Waals surface area contributed by atoms with Crippen LogP contribution in [0.4, 0.5) is 0 Å². The summed E-state index contributed by atoms with van der Waals surface area (Å²) in [7, 11) is 0. The van der Waals surface area contributed by atoms with E-state index < -0.39 is 0 Å². The van der Waals surface area contributed by atoms with Crippen LogP contribution in [-0.2, 0) is 16.1 Å². The van der Waals surface area contributed by atoms with Crippen LogP contribution in [0, 0.1) is 13.8 Å². The molecule has 2 aromatic rings. The van der Waals surface area contributed by atoms with Gasteiger partial charge in [0.1, 0.15) is 18.2 Å². The lowest BCUT2D eigenvalue weighted by Gasteiger charge is -2.11.